The van der Waals surface area contributed by atoms with Crippen molar-refractivity contribution in [3.05, 3.63) is 53.1 Å². The monoisotopic (exact) mass is 359 g/mol. The smallest absolute Gasteiger partial charge is 0.0958 e. The van der Waals surface area contributed by atoms with E-state index in [1.165, 1.54) is 4.90 Å². The Morgan fingerprint density at radius 2 is 2.05 bits per heavy atom. The Bertz CT molecular complexity index is 805. The normalized spacial score (nSPS) is 10.8. The number of hydrogen-bond acceptors (Lipinski definition) is 4. The van der Waals surface area contributed by atoms with Crippen LogP contribution < -0.4 is 11.1 Å². The van der Waals surface area contributed by atoms with Crippen molar-refractivity contribution < 1.29 is 0 Å². The predicted molar refractivity (Wildman–Crippen MR) is 95.4 cm³/mol. The van der Waals surface area contributed by atoms with Crippen molar-refractivity contribution in [1.82, 2.24) is 4.98 Å². The fourth-order valence-electron chi connectivity index (χ4n) is 2.17. The molecule has 0 aliphatic carbocycles. The predicted octanol–water partition coefficient (Wildman–Crippen LogP) is 5.05. The zero-order chi connectivity index (χ0) is 14.8. The maximum atomic E-state index is 6.04. The molecule has 3 aromatic rings. The first-order valence-electron chi connectivity index (χ1n) is 6.42. The summed E-state index contributed by atoms with van der Waals surface area (Å²) >= 11 is 5.16. The van der Waals surface area contributed by atoms with Gasteiger partial charge in [0.05, 0.1) is 11.2 Å². The van der Waals surface area contributed by atoms with Crippen LogP contribution in [0.5, 0.6) is 0 Å². The molecule has 5 heteroatoms. The molecule has 0 atom stereocenters. The highest BCUT2D eigenvalue weighted by Gasteiger charge is 2.07. The Balaban J connectivity index is 2.06. The lowest BCUT2D eigenvalue weighted by atomic mass is 10.1. The van der Waals surface area contributed by atoms with Gasteiger partial charge < -0.3 is 11.1 Å². The van der Waals surface area contributed by atoms with Crippen molar-refractivity contribution in [2.75, 3.05) is 17.3 Å². The van der Waals surface area contributed by atoms with Gasteiger partial charge in [0.1, 0.15) is 0 Å². The second-order valence-corrected chi connectivity index (χ2v) is 6.40. The number of nitrogen functional groups attached to an aromatic ring is 1. The number of pyridine rings is 1. The van der Waals surface area contributed by atoms with E-state index in [0.717, 1.165) is 32.4 Å². The summed E-state index contributed by atoms with van der Waals surface area (Å²) in [5.41, 5.74) is 9.62. The molecule has 106 valence electrons. The van der Waals surface area contributed by atoms with Crippen molar-refractivity contribution in [2.24, 2.45) is 0 Å². The molecule has 0 aliphatic rings. The van der Waals surface area contributed by atoms with Gasteiger partial charge >= 0.3 is 0 Å². The van der Waals surface area contributed by atoms with E-state index in [2.05, 4.69) is 44.6 Å². The highest BCUT2D eigenvalue weighted by atomic mass is 79.9. The van der Waals surface area contributed by atoms with Crippen LogP contribution in [0.3, 0.4) is 0 Å². The number of hydrogen-bond donors (Lipinski definition) is 2. The van der Waals surface area contributed by atoms with Gasteiger partial charge in [-0.2, -0.15) is 0 Å². The molecular formula is C16H14BrN3S. The van der Waals surface area contributed by atoms with Gasteiger partial charge in [-0.1, -0.05) is 6.07 Å². The first kappa shape index (κ1) is 14.2. The lowest BCUT2D eigenvalue weighted by Crippen LogP contribution is -1.96. The molecule has 3 N–H and O–H groups in total. The van der Waals surface area contributed by atoms with Gasteiger partial charge in [0, 0.05) is 32.3 Å². The van der Waals surface area contributed by atoms with Crippen molar-refractivity contribution in [3.8, 4) is 0 Å². The van der Waals surface area contributed by atoms with E-state index >= 15 is 0 Å². The van der Waals surface area contributed by atoms with E-state index in [1.807, 2.05) is 30.3 Å². The Hall–Kier alpha value is -1.72. The Morgan fingerprint density at radius 3 is 2.86 bits per heavy atom. The third-order valence-electron chi connectivity index (χ3n) is 3.20. The fraction of sp³-hybridized carbons (Fsp3) is 0.0625. The number of nitrogens with one attached hydrogen (secondary N) is 1. The van der Waals surface area contributed by atoms with Crippen LogP contribution in [0.1, 0.15) is 0 Å². The molecule has 0 aliphatic heterocycles. The van der Waals surface area contributed by atoms with Crippen LogP contribution >= 0.6 is 27.7 Å². The Morgan fingerprint density at radius 1 is 1.19 bits per heavy atom. The van der Waals surface area contributed by atoms with Crippen molar-refractivity contribution in [2.45, 2.75) is 4.90 Å². The minimum Gasteiger partial charge on any atom is -0.398 e. The van der Waals surface area contributed by atoms with Gasteiger partial charge in [-0.15, -0.1) is 11.8 Å². The highest BCUT2D eigenvalue weighted by Crippen LogP contribution is 2.31. The number of halogens is 1. The van der Waals surface area contributed by atoms with Crippen LogP contribution in [0.2, 0.25) is 0 Å². The zero-order valence-electron chi connectivity index (χ0n) is 11.4. The highest BCUT2D eigenvalue weighted by molar-refractivity contribution is 9.10. The molecule has 21 heavy (non-hydrogen) atoms. The number of rotatable bonds is 3. The van der Waals surface area contributed by atoms with Gasteiger partial charge in [-0.05, 0) is 58.6 Å². The van der Waals surface area contributed by atoms with E-state index in [9.17, 15) is 0 Å². The second kappa shape index (κ2) is 5.95. The number of benzene rings is 2. The van der Waals surface area contributed by atoms with Crippen molar-refractivity contribution in [3.63, 3.8) is 0 Å². The summed E-state index contributed by atoms with van der Waals surface area (Å²) in [6.45, 7) is 0. The average Bonchev–Trinajstić information content (AvgIpc) is 2.50. The maximum absolute atomic E-state index is 6.04. The van der Waals surface area contributed by atoms with Crippen LogP contribution in [0.15, 0.2) is 58.0 Å². The number of thioether (sulfide) groups is 1. The molecule has 0 spiro atoms. The summed E-state index contributed by atoms with van der Waals surface area (Å²) < 4.78 is 0.920. The summed E-state index contributed by atoms with van der Waals surface area (Å²) in [5, 5.41) is 4.36. The molecule has 0 amide bonds. The van der Waals surface area contributed by atoms with Crippen LogP contribution in [0.25, 0.3) is 10.9 Å². The lowest BCUT2D eigenvalue weighted by Gasteiger charge is -2.11. The summed E-state index contributed by atoms with van der Waals surface area (Å²) in [7, 11) is 0. The van der Waals surface area contributed by atoms with E-state index in [0.29, 0.717) is 0 Å². The Labute approximate surface area is 136 Å². The number of anilines is 3. The molecule has 3 rings (SSSR count). The minimum atomic E-state index is 0.724. The SMILES string of the molecule is CSc1cccc(Nc2ccc(N)c3cc(Br)cnc23)c1. The van der Waals surface area contributed by atoms with Gasteiger partial charge in [-0.25, -0.2) is 0 Å². The number of fused-ring (bicyclic) bond motifs is 1. The standard InChI is InChI=1S/C16H14BrN3S/c1-21-12-4-2-3-11(8-12)20-15-6-5-14(18)13-7-10(17)9-19-16(13)15/h2-9,20H,18H2,1H3. The van der Waals surface area contributed by atoms with E-state index in [1.54, 1.807) is 18.0 Å². The Kier molecular flexibility index (Phi) is 4.03. The summed E-state index contributed by atoms with van der Waals surface area (Å²) in [4.78, 5) is 5.70. The quantitative estimate of drug-likeness (QED) is 0.507. The van der Waals surface area contributed by atoms with E-state index in [4.69, 9.17) is 5.73 Å². The molecule has 0 saturated heterocycles. The van der Waals surface area contributed by atoms with Gasteiger partial charge in [-0.3, -0.25) is 4.98 Å². The lowest BCUT2D eigenvalue weighted by molar-refractivity contribution is 1.38. The first-order chi connectivity index (χ1) is 10.2. The summed E-state index contributed by atoms with van der Waals surface area (Å²) in [6, 6.07) is 14.1. The maximum Gasteiger partial charge on any atom is 0.0958 e. The topological polar surface area (TPSA) is 50.9 Å². The van der Waals surface area contributed by atoms with Crippen LogP contribution in [0.4, 0.5) is 17.1 Å². The van der Waals surface area contributed by atoms with E-state index in [-0.39, 0.29) is 0 Å². The molecular weight excluding hydrogens is 346 g/mol. The third-order valence-corrected chi connectivity index (χ3v) is 4.36. The molecule has 1 aromatic heterocycles. The summed E-state index contributed by atoms with van der Waals surface area (Å²) in [6.07, 6.45) is 3.85. The molecule has 0 fully saturated rings. The molecule has 1 heterocycles. The number of nitrogens with two attached hydrogens (primary N) is 1. The largest absolute Gasteiger partial charge is 0.398 e. The molecule has 0 unspecified atom stereocenters. The second-order valence-electron chi connectivity index (χ2n) is 4.61. The molecule has 0 saturated carbocycles. The van der Waals surface area contributed by atoms with Crippen LogP contribution in [-0.4, -0.2) is 11.2 Å². The first-order valence-corrected chi connectivity index (χ1v) is 8.44. The van der Waals surface area contributed by atoms with Gasteiger partial charge in [0.25, 0.3) is 0 Å². The van der Waals surface area contributed by atoms with Crippen molar-refractivity contribution in [1.29, 1.82) is 0 Å². The molecule has 0 radical (unpaired) electrons. The average molecular weight is 360 g/mol. The van der Waals surface area contributed by atoms with Crippen molar-refractivity contribution >= 4 is 55.7 Å². The molecule has 3 nitrogen and oxygen atoms in total. The van der Waals surface area contributed by atoms with E-state index < -0.39 is 0 Å². The minimum absolute atomic E-state index is 0.724. The third kappa shape index (κ3) is 2.99. The molecule has 2 aromatic carbocycles. The molecule has 0 bridgehead atoms. The van der Waals surface area contributed by atoms with Crippen LogP contribution in [0, 0.1) is 0 Å². The number of aromatic nitrogens is 1. The van der Waals surface area contributed by atoms with Gasteiger partial charge in [0.15, 0.2) is 0 Å². The van der Waals surface area contributed by atoms with Gasteiger partial charge in [0.2, 0.25) is 0 Å². The number of nitrogens with zero attached hydrogens (tertiary/aromatic N) is 1. The summed E-state index contributed by atoms with van der Waals surface area (Å²) in [5.74, 6) is 0. The zero-order valence-corrected chi connectivity index (χ0v) is 13.8. The van der Waals surface area contributed by atoms with Crippen LogP contribution in [-0.2, 0) is 0 Å². The fourth-order valence-corrected chi connectivity index (χ4v) is 2.96.